The quantitative estimate of drug-likeness (QED) is 0.711. The Labute approximate surface area is 123 Å². The van der Waals surface area contributed by atoms with E-state index < -0.39 is 0 Å². The molecule has 0 amide bonds. The van der Waals surface area contributed by atoms with Gasteiger partial charge in [-0.3, -0.25) is 0 Å². The van der Waals surface area contributed by atoms with Gasteiger partial charge in [0, 0.05) is 6.54 Å². The van der Waals surface area contributed by atoms with Crippen molar-refractivity contribution < 1.29 is 4.74 Å². The molecule has 112 valence electrons. The smallest absolute Gasteiger partial charge is 0.142 e. The van der Waals surface area contributed by atoms with Gasteiger partial charge in [0.25, 0.3) is 0 Å². The molecule has 0 saturated carbocycles. The molecule has 0 bridgehead atoms. The maximum absolute atomic E-state index is 5.90. The van der Waals surface area contributed by atoms with Crippen LogP contribution in [0.3, 0.4) is 0 Å². The minimum Gasteiger partial charge on any atom is -0.491 e. The molecule has 1 aliphatic heterocycles. The van der Waals surface area contributed by atoms with Gasteiger partial charge < -0.3 is 15.4 Å². The summed E-state index contributed by atoms with van der Waals surface area (Å²) < 4.78 is 5.90. The highest BCUT2D eigenvalue weighted by Gasteiger charge is 2.13. The van der Waals surface area contributed by atoms with E-state index in [1.807, 2.05) is 6.07 Å². The molecule has 1 fully saturated rings. The zero-order chi connectivity index (χ0) is 14.0. The molecule has 2 rings (SSSR count). The average Bonchev–Trinajstić information content (AvgIpc) is 2.51. The summed E-state index contributed by atoms with van der Waals surface area (Å²) in [5, 5.41) is 7.02. The van der Waals surface area contributed by atoms with E-state index in [4.69, 9.17) is 4.74 Å². The summed E-state index contributed by atoms with van der Waals surface area (Å²) in [7, 11) is 0. The van der Waals surface area contributed by atoms with Gasteiger partial charge in [-0.1, -0.05) is 31.9 Å². The SMILES string of the molecule is CCCCCOc1ccccc1NCC1CCCNC1. The van der Waals surface area contributed by atoms with Crippen molar-refractivity contribution in [3.8, 4) is 5.75 Å². The number of hydrogen-bond donors (Lipinski definition) is 2. The van der Waals surface area contributed by atoms with Crippen molar-refractivity contribution in [2.75, 3.05) is 31.6 Å². The summed E-state index contributed by atoms with van der Waals surface area (Å²) >= 11 is 0. The summed E-state index contributed by atoms with van der Waals surface area (Å²) in [6.07, 6.45) is 6.22. The number of rotatable bonds is 8. The molecule has 1 aromatic carbocycles. The molecule has 1 atom stereocenters. The summed E-state index contributed by atoms with van der Waals surface area (Å²) in [5.41, 5.74) is 1.13. The molecule has 0 spiro atoms. The highest BCUT2D eigenvalue weighted by Crippen LogP contribution is 2.24. The van der Waals surface area contributed by atoms with Gasteiger partial charge in [-0.05, 0) is 50.4 Å². The number of benzene rings is 1. The van der Waals surface area contributed by atoms with Gasteiger partial charge in [-0.15, -0.1) is 0 Å². The number of ether oxygens (including phenoxy) is 1. The van der Waals surface area contributed by atoms with E-state index in [-0.39, 0.29) is 0 Å². The molecule has 3 heteroatoms. The maximum atomic E-state index is 5.90. The topological polar surface area (TPSA) is 33.3 Å². The molecule has 1 saturated heterocycles. The number of nitrogens with one attached hydrogen (secondary N) is 2. The molecule has 1 aliphatic rings. The molecular formula is C17H28N2O. The Morgan fingerprint density at radius 2 is 2.20 bits per heavy atom. The average molecular weight is 276 g/mol. The largest absolute Gasteiger partial charge is 0.491 e. The number of hydrogen-bond acceptors (Lipinski definition) is 3. The van der Waals surface area contributed by atoms with Crippen LogP contribution in [0.2, 0.25) is 0 Å². The Bertz CT molecular complexity index is 375. The lowest BCUT2D eigenvalue weighted by Gasteiger charge is -2.24. The fraction of sp³-hybridized carbons (Fsp3) is 0.647. The molecule has 1 heterocycles. The molecule has 0 aliphatic carbocycles. The van der Waals surface area contributed by atoms with Crippen molar-refractivity contribution in [1.82, 2.24) is 5.32 Å². The van der Waals surface area contributed by atoms with Crippen LogP contribution in [0.5, 0.6) is 5.75 Å². The van der Waals surface area contributed by atoms with Gasteiger partial charge in [0.2, 0.25) is 0 Å². The fourth-order valence-electron chi connectivity index (χ4n) is 2.63. The molecule has 0 radical (unpaired) electrons. The van der Waals surface area contributed by atoms with Crippen LogP contribution in [0.25, 0.3) is 0 Å². The van der Waals surface area contributed by atoms with E-state index in [2.05, 4.69) is 35.8 Å². The van der Waals surface area contributed by atoms with E-state index in [9.17, 15) is 0 Å². The Balaban J connectivity index is 1.80. The molecular weight excluding hydrogens is 248 g/mol. The first-order valence-corrected chi connectivity index (χ1v) is 8.06. The standard InChI is InChI=1S/C17H28N2O/c1-2-3-6-12-20-17-10-5-4-9-16(17)19-14-15-8-7-11-18-13-15/h4-5,9-10,15,18-19H,2-3,6-8,11-14H2,1H3. The third-order valence-corrected chi connectivity index (χ3v) is 3.87. The normalized spacial score (nSPS) is 18.8. The highest BCUT2D eigenvalue weighted by molar-refractivity contribution is 5.56. The monoisotopic (exact) mass is 276 g/mol. The zero-order valence-corrected chi connectivity index (χ0v) is 12.7. The van der Waals surface area contributed by atoms with Crippen LogP contribution < -0.4 is 15.4 Å². The van der Waals surface area contributed by atoms with E-state index in [0.717, 1.165) is 43.5 Å². The summed E-state index contributed by atoms with van der Waals surface area (Å²) in [6.45, 7) is 6.37. The van der Waals surface area contributed by atoms with Gasteiger partial charge in [-0.25, -0.2) is 0 Å². The lowest BCUT2D eigenvalue weighted by molar-refractivity contribution is 0.307. The lowest BCUT2D eigenvalue weighted by atomic mass is 10.00. The summed E-state index contributed by atoms with van der Waals surface area (Å²) in [6, 6.07) is 8.29. The van der Waals surface area contributed by atoms with Crippen LogP contribution in [-0.2, 0) is 0 Å². The number of piperidine rings is 1. The third-order valence-electron chi connectivity index (χ3n) is 3.87. The van der Waals surface area contributed by atoms with Crippen molar-refractivity contribution in [3.63, 3.8) is 0 Å². The summed E-state index contributed by atoms with van der Waals surface area (Å²) in [5.74, 6) is 1.73. The first kappa shape index (κ1) is 15.2. The highest BCUT2D eigenvalue weighted by atomic mass is 16.5. The van der Waals surface area contributed by atoms with Gasteiger partial charge in [0.15, 0.2) is 0 Å². The van der Waals surface area contributed by atoms with Gasteiger partial charge in [-0.2, -0.15) is 0 Å². The first-order chi connectivity index (χ1) is 9.90. The van der Waals surface area contributed by atoms with Gasteiger partial charge >= 0.3 is 0 Å². The predicted octanol–water partition coefficient (Wildman–Crippen LogP) is 3.67. The second-order valence-electron chi connectivity index (χ2n) is 5.65. The van der Waals surface area contributed by atoms with Gasteiger partial charge in [0.1, 0.15) is 5.75 Å². The van der Waals surface area contributed by atoms with E-state index >= 15 is 0 Å². The second kappa shape index (κ2) is 8.85. The minimum absolute atomic E-state index is 0.733. The molecule has 1 unspecified atom stereocenters. The van der Waals surface area contributed by atoms with Crippen molar-refractivity contribution in [3.05, 3.63) is 24.3 Å². The summed E-state index contributed by atoms with van der Waals surface area (Å²) in [4.78, 5) is 0. The van der Waals surface area contributed by atoms with Crippen molar-refractivity contribution >= 4 is 5.69 Å². The van der Waals surface area contributed by atoms with Crippen molar-refractivity contribution in [2.24, 2.45) is 5.92 Å². The predicted molar refractivity (Wildman–Crippen MR) is 85.5 cm³/mol. The number of unbranched alkanes of at least 4 members (excludes halogenated alkanes) is 2. The van der Waals surface area contributed by atoms with Crippen LogP contribution >= 0.6 is 0 Å². The van der Waals surface area contributed by atoms with Crippen LogP contribution in [0.1, 0.15) is 39.0 Å². The zero-order valence-electron chi connectivity index (χ0n) is 12.7. The minimum atomic E-state index is 0.733. The number of para-hydroxylation sites is 2. The fourth-order valence-corrected chi connectivity index (χ4v) is 2.63. The third kappa shape index (κ3) is 5.04. The molecule has 0 aromatic heterocycles. The lowest BCUT2D eigenvalue weighted by Crippen LogP contribution is -2.33. The molecule has 20 heavy (non-hydrogen) atoms. The Morgan fingerprint density at radius 3 is 3.00 bits per heavy atom. The van der Waals surface area contributed by atoms with E-state index in [1.54, 1.807) is 0 Å². The Kier molecular flexibility index (Phi) is 6.72. The van der Waals surface area contributed by atoms with E-state index in [0.29, 0.717) is 0 Å². The number of anilines is 1. The maximum Gasteiger partial charge on any atom is 0.142 e. The van der Waals surface area contributed by atoms with Crippen molar-refractivity contribution in [2.45, 2.75) is 39.0 Å². The van der Waals surface area contributed by atoms with Crippen molar-refractivity contribution in [1.29, 1.82) is 0 Å². The molecule has 2 N–H and O–H groups in total. The van der Waals surface area contributed by atoms with Crippen LogP contribution in [-0.4, -0.2) is 26.2 Å². The Morgan fingerprint density at radius 1 is 1.30 bits per heavy atom. The van der Waals surface area contributed by atoms with Gasteiger partial charge in [0.05, 0.1) is 12.3 Å². The Hall–Kier alpha value is -1.22. The first-order valence-electron chi connectivity index (χ1n) is 8.06. The van der Waals surface area contributed by atoms with Crippen LogP contribution in [0.4, 0.5) is 5.69 Å². The second-order valence-corrected chi connectivity index (χ2v) is 5.65. The molecule has 3 nitrogen and oxygen atoms in total. The van der Waals surface area contributed by atoms with E-state index in [1.165, 1.54) is 32.2 Å². The van der Waals surface area contributed by atoms with Crippen LogP contribution in [0.15, 0.2) is 24.3 Å². The van der Waals surface area contributed by atoms with Crippen LogP contribution in [0, 0.1) is 5.92 Å². The molecule has 1 aromatic rings.